The molecule has 2 heterocycles. The molecule has 0 unspecified atom stereocenters. The van der Waals surface area contributed by atoms with Crippen molar-refractivity contribution in [2.75, 3.05) is 18.4 Å². The van der Waals surface area contributed by atoms with Gasteiger partial charge in [0.1, 0.15) is 0 Å². The second kappa shape index (κ2) is 7.74. The van der Waals surface area contributed by atoms with Gasteiger partial charge in [-0.05, 0) is 57.1 Å². The molecule has 3 aromatic rings. The summed E-state index contributed by atoms with van der Waals surface area (Å²) in [6, 6.07) is 20.5. The van der Waals surface area contributed by atoms with Crippen LogP contribution in [0.15, 0.2) is 70.5 Å². The quantitative estimate of drug-likeness (QED) is 0.629. The van der Waals surface area contributed by atoms with Gasteiger partial charge in [0, 0.05) is 15.9 Å². The number of anilines is 1. The third-order valence-electron chi connectivity index (χ3n) is 4.68. The minimum atomic E-state index is 0.0107. The molecule has 1 aromatic heterocycles. The van der Waals surface area contributed by atoms with Crippen LogP contribution in [0, 0.1) is 0 Å². The summed E-state index contributed by atoms with van der Waals surface area (Å²) in [6.45, 7) is 1.26. The van der Waals surface area contributed by atoms with Crippen molar-refractivity contribution in [3.05, 3.63) is 86.5 Å². The van der Waals surface area contributed by atoms with Crippen molar-refractivity contribution in [2.45, 2.75) is 12.5 Å². The maximum absolute atomic E-state index is 12.7. The molecule has 1 amide bonds. The molecule has 1 atom stereocenters. The van der Waals surface area contributed by atoms with Crippen LogP contribution in [-0.4, -0.2) is 23.9 Å². The SMILES string of the molecule is O=C(CN1CCc2sccc2[C@H]1c1ccccc1)Nc1ccccc1Br. The zero-order chi connectivity index (χ0) is 17.9. The molecule has 1 aliphatic rings. The second-order valence-corrected chi connectivity index (χ2v) is 8.22. The normalized spacial score (nSPS) is 16.9. The van der Waals surface area contributed by atoms with Crippen molar-refractivity contribution in [3.8, 4) is 0 Å². The van der Waals surface area contributed by atoms with Gasteiger partial charge in [-0.3, -0.25) is 9.69 Å². The number of amides is 1. The fourth-order valence-corrected chi connectivity index (χ4v) is 4.79. The summed E-state index contributed by atoms with van der Waals surface area (Å²) in [4.78, 5) is 16.4. The highest BCUT2D eigenvalue weighted by Crippen LogP contribution is 2.37. The minimum absolute atomic E-state index is 0.0107. The Morgan fingerprint density at radius 1 is 1.12 bits per heavy atom. The molecule has 1 aliphatic heterocycles. The number of thiophene rings is 1. The zero-order valence-corrected chi connectivity index (χ0v) is 16.6. The van der Waals surface area contributed by atoms with Crippen molar-refractivity contribution in [2.24, 2.45) is 0 Å². The van der Waals surface area contributed by atoms with Gasteiger partial charge in [-0.1, -0.05) is 42.5 Å². The van der Waals surface area contributed by atoms with Gasteiger partial charge in [-0.15, -0.1) is 11.3 Å². The number of fused-ring (bicyclic) bond motifs is 1. The number of halogens is 1. The molecule has 1 N–H and O–H groups in total. The van der Waals surface area contributed by atoms with Crippen LogP contribution in [0.2, 0.25) is 0 Å². The molecule has 0 aliphatic carbocycles. The van der Waals surface area contributed by atoms with E-state index in [2.05, 4.69) is 61.9 Å². The number of carbonyl (C=O) groups is 1. The fraction of sp³-hybridized carbons (Fsp3) is 0.190. The van der Waals surface area contributed by atoms with E-state index in [0.717, 1.165) is 23.1 Å². The minimum Gasteiger partial charge on any atom is -0.324 e. The van der Waals surface area contributed by atoms with Crippen molar-refractivity contribution in [3.63, 3.8) is 0 Å². The Morgan fingerprint density at radius 2 is 1.88 bits per heavy atom. The van der Waals surface area contributed by atoms with Gasteiger partial charge in [0.2, 0.25) is 5.91 Å². The van der Waals surface area contributed by atoms with Gasteiger partial charge in [-0.25, -0.2) is 0 Å². The van der Waals surface area contributed by atoms with Crippen LogP contribution in [0.3, 0.4) is 0 Å². The Labute approximate surface area is 165 Å². The molecule has 3 nitrogen and oxygen atoms in total. The van der Waals surface area contributed by atoms with Gasteiger partial charge in [0.25, 0.3) is 0 Å². The molecular weight excluding hydrogens is 408 g/mol. The molecule has 0 saturated carbocycles. The van der Waals surface area contributed by atoms with Crippen molar-refractivity contribution in [1.29, 1.82) is 0 Å². The van der Waals surface area contributed by atoms with E-state index < -0.39 is 0 Å². The van der Waals surface area contributed by atoms with E-state index in [4.69, 9.17) is 0 Å². The maximum atomic E-state index is 12.7. The second-order valence-electron chi connectivity index (χ2n) is 6.36. The molecular formula is C21H19BrN2OS. The number of hydrogen-bond acceptors (Lipinski definition) is 3. The maximum Gasteiger partial charge on any atom is 0.238 e. The predicted molar refractivity (Wildman–Crippen MR) is 111 cm³/mol. The molecule has 5 heteroatoms. The zero-order valence-electron chi connectivity index (χ0n) is 14.2. The van der Waals surface area contributed by atoms with Crippen LogP contribution >= 0.6 is 27.3 Å². The molecule has 0 fully saturated rings. The first kappa shape index (κ1) is 17.5. The van der Waals surface area contributed by atoms with E-state index in [-0.39, 0.29) is 11.9 Å². The summed E-state index contributed by atoms with van der Waals surface area (Å²) in [7, 11) is 0. The van der Waals surface area contributed by atoms with Crippen molar-refractivity contribution < 1.29 is 4.79 Å². The largest absolute Gasteiger partial charge is 0.324 e. The number of benzene rings is 2. The lowest BCUT2D eigenvalue weighted by Crippen LogP contribution is -2.40. The molecule has 0 spiro atoms. The topological polar surface area (TPSA) is 32.3 Å². The number of nitrogens with zero attached hydrogens (tertiary/aromatic N) is 1. The van der Waals surface area contributed by atoms with Gasteiger partial charge in [-0.2, -0.15) is 0 Å². The lowest BCUT2D eigenvalue weighted by atomic mass is 9.93. The third kappa shape index (κ3) is 3.61. The highest BCUT2D eigenvalue weighted by atomic mass is 79.9. The lowest BCUT2D eigenvalue weighted by molar-refractivity contribution is -0.117. The van der Waals surface area contributed by atoms with Crippen molar-refractivity contribution >= 4 is 38.9 Å². The van der Waals surface area contributed by atoms with Crippen LogP contribution in [0.25, 0.3) is 0 Å². The average Bonchev–Trinajstić information content (AvgIpc) is 3.13. The monoisotopic (exact) mass is 426 g/mol. The van der Waals surface area contributed by atoms with Crippen LogP contribution < -0.4 is 5.32 Å². The van der Waals surface area contributed by atoms with E-state index in [1.807, 2.05) is 41.7 Å². The standard InChI is InChI=1S/C21H19BrN2OS/c22-17-8-4-5-9-18(17)23-20(25)14-24-12-10-19-16(11-13-26-19)21(24)15-6-2-1-3-7-15/h1-9,11,13,21H,10,12,14H2,(H,23,25)/t21-/m1/s1. The van der Waals surface area contributed by atoms with Gasteiger partial charge >= 0.3 is 0 Å². The Balaban J connectivity index is 1.57. The average molecular weight is 427 g/mol. The Morgan fingerprint density at radius 3 is 2.69 bits per heavy atom. The Kier molecular flexibility index (Phi) is 5.20. The number of carbonyl (C=O) groups excluding carboxylic acids is 1. The van der Waals surface area contributed by atoms with Crippen LogP contribution in [0.5, 0.6) is 0 Å². The molecule has 26 heavy (non-hydrogen) atoms. The summed E-state index contributed by atoms with van der Waals surface area (Å²) in [6.07, 6.45) is 0.999. The van der Waals surface area contributed by atoms with Crippen LogP contribution in [-0.2, 0) is 11.2 Å². The lowest BCUT2D eigenvalue weighted by Gasteiger charge is -2.35. The Hall–Kier alpha value is -1.95. The predicted octanol–water partition coefficient (Wildman–Crippen LogP) is 5.10. The summed E-state index contributed by atoms with van der Waals surface area (Å²) in [5, 5.41) is 5.18. The number of nitrogens with one attached hydrogen (secondary N) is 1. The summed E-state index contributed by atoms with van der Waals surface area (Å²) >= 11 is 5.30. The first-order chi connectivity index (χ1) is 12.7. The van der Waals surface area contributed by atoms with E-state index in [9.17, 15) is 4.79 Å². The van der Waals surface area contributed by atoms with Crippen LogP contribution in [0.1, 0.15) is 22.0 Å². The Bertz CT molecular complexity index is 909. The number of rotatable bonds is 4. The number of para-hydroxylation sites is 1. The van der Waals surface area contributed by atoms with E-state index in [0.29, 0.717) is 6.54 Å². The third-order valence-corrected chi connectivity index (χ3v) is 6.36. The molecule has 0 saturated heterocycles. The first-order valence-electron chi connectivity index (χ1n) is 8.62. The van der Waals surface area contributed by atoms with Crippen molar-refractivity contribution in [1.82, 2.24) is 4.90 Å². The smallest absolute Gasteiger partial charge is 0.238 e. The molecule has 2 aromatic carbocycles. The van der Waals surface area contributed by atoms with Gasteiger partial charge < -0.3 is 5.32 Å². The highest BCUT2D eigenvalue weighted by molar-refractivity contribution is 9.10. The van der Waals surface area contributed by atoms with Crippen LogP contribution in [0.4, 0.5) is 5.69 Å². The summed E-state index contributed by atoms with van der Waals surface area (Å²) in [5.74, 6) is 0.0107. The molecule has 0 bridgehead atoms. The fourth-order valence-electron chi connectivity index (χ4n) is 3.50. The molecule has 0 radical (unpaired) electrons. The van der Waals surface area contributed by atoms with E-state index in [1.54, 1.807) is 0 Å². The van der Waals surface area contributed by atoms with E-state index in [1.165, 1.54) is 16.0 Å². The van der Waals surface area contributed by atoms with Gasteiger partial charge in [0.05, 0.1) is 18.3 Å². The first-order valence-corrected chi connectivity index (χ1v) is 10.3. The number of hydrogen-bond donors (Lipinski definition) is 1. The summed E-state index contributed by atoms with van der Waals surface area (Å²) in [5.41, 5.74) is 3.38. The highest BCUT2D eigenvalue weighted by Gasteiger charge is 2.30. The molecule has 132 valence electrons. The van der Waals surface area contributed by atoms with Gasteiger partial charge in [0.15, 0.2) is 0 Å². The van der Waals surface area contributed by atoms with E-state index >= 15 is 0 Å². The molecule has 4 rings (SSSR count). The summed E-state index contributed by atoms with van der Waals surface area (Å²) < 4.78 is 0.895.